The molecule has 2 N–H and O–H groups in total. The Morgan fingerprint density at radius 2 is 1.94 bits per heavy atom. The van der Waals surface area contributed by atoms with Gasteiger partial charge in [-0.15, -0.1) is 0 Å². The number of benzene rings is 1. The summed E-state index contributed by atoms with van der Waals surface area (Å²) in [6.45, 7) is 6.89. The molecule has 18 heavy (non-hydrogen) atoms. The highest BCUT2D eigenvalue weighted by Gasteiger charge is 2.27. The lowest BCUT2D eigenvalue weighted by Gasteiger charge is -2.35. The molecule has 1 fully saturated rings. The van der Waals surface area contributed by atoms with Crippen molar-refractivity contribution in [1.29, 1.82) is 0 Å². The van der Waals surface area contributed by atoms with E-state index in [-0.39, 0.29) is 12.5 Å². The van der Waals surface area contributed by atoms with Gasteiger partial charge in [-0.25, -0.2) is 0 Å². The molecule has 0 aliphatic carbocycles. The van der Waals surface area contributed by atoms with Gasteiger partial charge in [0.1, 0.15) is 0 Å². The first-order valence-electron chi connectivity index (χ1n) is 6.68. The van der Waals surface area contributed by atoms with Crippen LogP contribution in [-0.2, 0) is 6.54 Å². The van der Waals surface area contributed by atoms with E-state index in [2.05, 4.69) is 36.9 Å². The Labute approximate surface area is 109 Å². The number of nitrogens with zero attached hydrogens (tertiary/aromatic N) is 1. The Hall–Kier alpha value is -0.900. The van der Waals surface area contributed by atoms with Crippen LogP contribution in [0, 0.1) is 19.8 Å². The van der Waals surface area contributed by atoms with E-state index >= 15 is 0 Å². The first-order chi connectivity index (χ1) is 8.61. The fourth-order valence-corrected chi connectivity index (χ4v) is 2.72. The van der Waals surface area contributed by atoms with Crippen LogP contribution < -0.4 is 0 Å². The summed E-state index contributed by atoms with van der Waals surface area (Å²) in [4.78, 5) is 2.28. The summed E-state index contributed by atoms with van der Waals surface area (Å²) in [6.07, 6.45) is 0.482. The molecule has 2 rings (SSSR count). The van der Waals surface area contributed by atoms with Crippen LogP contribution in [0.5, 0.6) is 0 Å². The Bertz CT molecular complexity index is 385. The molecule has 100 valence electrons. The molecule has 0 amide bonds. The van der Waals surface area contributed by atoms with E-state index in [1.54, 1.807) is 0 Å². The molecule has 3 nitrogen and oxygen atoms in total. The van der Waals surface area contributed by atoms with Gasteiger partial charge in [-0.05, 0) is 43.5 Å². The standard InChI is InChI=1S/C15H23NO2/c1-11-4-3-5-12(2)14(11)8-16-7-6-13(10-17)15(18)9-16/h3-5,13,15,17-18H,6-10H2,1-2H3/t13-,15+/m1/s1. The minimum Gasteiger partial charge on any atom is -0.396 e. The fraction of sp³-hybridized carbons (Fsp3) is 0.600. The number of aliphatic hydroxyl groups excluding tert-OH is 2. The fourth-order valence-electron chi connectivity index (χ4n) is 2.72. The largest absolute Gasteiger partial charge is 0.396 e. The van der Waals surface area contributed by atoms with Crippen LogP contribution in [0.15, 0.2) is 18.2 Å². The van der Waals surface area contributed by atoms with Crippen LogP contribution in [0.3, 0.4) is 0 Å². The maximum Gasteiger partial charge on any atom is 0.0717 e. The van der Waals surface area contributed by atoms with E-state index in [0.29, 0.717) is 6.54 Å². The van der Waals surface area contributed by atoms with Crippen LogP contribution >= 0.6 is 0 Å². The average Bonchev–Trinajstić information content (AvgIpc) is 2.34. The molecule has 1 aromatic rings. The van der Waals surface area contributed by atoms with Crippen molar-refractivity contribution in [3.8, 4) is 0 Å². The number of aryl methyl sites for hydroxylation is 2. The predicted octanol–water partition coefficient (Wildman–Crippen LogP) is 1.48. The number of hydrogen-bond acceptors (Lipinski definition) is 3. The maximum atomic E-state index is 9.95. The number of hydrogen-bond donors (Lipinski definition) is 2. The second-order valence-corrected chi connectivity index (χ2v) is 5.40. The number of aliphatic hydroxyl groups is 2. The maximum absolute atomic E-state index is 9.95. The number of rotatable bonds is 3. The van der Waals surface area contributed by atoms with E-state index in [4.69, 9.17) is 5.11 Å². The SMILES string of the molecule is Cc1cccc(C)c1CN1CC[C@H](CO)[C@@H](O)C1. The summed E-state index contributed by atoms with van der Waals surface area (Å²) in [6, 6.07) is 6.36. The Kier molecular flexibility index (Phi) is 4.38. The Morgan fingerprint density at radius 3 is 2.50 bits per heavy atom. The summed E-state index contributed by atoms with van der Waals surface area (Å²) in [5.74, 6) is 0.0548. The van der Waals surface area contributed by atoms with E-state index < -0.39 is 6.10 Å². The molecule has 1 heterocycles. The monoisotopic (exact) mass is 249 g/mol. The van der Waals surface area contributed by atoms with Crippen LogP contribution in [0.1, 0.15) is 23.1 Å². The third kappa shape index (κ3) is 2.91. The highest BCUT2D eigenvalue weighted by molar-refractivity contribution is 5.33. The van der Waals surface area contributed by atoms with Crippen LogP contribution in [-0.4, -0.2) is 40.9 Å². The van der Waals surface area contributed by atoms with Crippen LogP contribution in [0.25, 0.3) is 0 Å². The van der Waals surface area contributed by atoms with Crippen molar-refractivity contribution >= 4 is 0 Å². The zero-order chi connectivity index (χ0) is 13.1. The third-order valence-corrected chi connectivity index (χ3v) is 4.07. The predicted molar refractivity (Wildman–Crippen MR) is 72.4 cm³/mol. The van der Waals surface area contributed by atoms with Gasteiger partial charge in [0.15, 0.2) is 0 Å². The molecule has 0 aromatic heterocycles. The van der Waals surface area contributed by atoms with Gasteiger partial charge in [-0.2, -0.15) is 0 Å². The molecule has 1 aliphatic heterocycles. The van der Waals surface area contributed by atoms with Crippen molar-refractivity contribution in [3.05, 3.63) is 34.9 Å². The molecule has 1 aromatic carbocycles. The van der Waals surface area contributed by atoms with E-state index in [1.165, 1.54) is 16.7 Å². The average molecular weight is 249 g/mol. The lowest BCUT2D eigenvalue weighted by molar-refractivity contribution is -0.00455. The Morgan fingerprint density at radius 1 is 1.28 bits per heavy atom. The molecular formula is C15H23NO2. The molecule has 0 unspecified atom stereocenters. The second kappa shape index (κ2) is 5.83. The highest BCUT2D eigenvalue weighted by atomic mass is 16.3. The highest BCUT2D eigenvalue weighted by Crippen LogP contribution is 2.21. The van der Waals surface area contributed by atoms with Crippen molar-refractivity contribution in [2.45, 2.75) is 32.9 Å². The minimum absolute atomic E-state index is 0.0548. The molecule has 0 spiro atoms. The van der Waals surface area contributed by atoms with E-state index in [0.717, 1.165) is 19.5 Å². The summed E-state index contributed by atoms with van der Waals surface area (Å²) >= 11 is 0. The lowest BCUT2D eigenvalue weighted by atomic mass is 9.93. The zero-order valence-electron chi connectivity index (χ0n) is 11.3. The van der Waals surface area contributed by atoms with Crippen LogP contribution in [0.4, 0.5) is 0 Å². The van der Waals surface area contributed by atoms with E-state index in [9.17, 15) is 5.11 Å². The molecule has 1 aliphatic rings. The van der Waals surface area contributed by atoms with Gasteiger partial charge in [-0.1, -0.05) is 18.2 Å². The summed E-state index contributed by atoms with van der Waals surface area (Å²) in [5.41, 5.74) is 4.00. The van der Waals surface area contributed by atoms with Gasteiger partial charge in [-0.3, -0.25) is 4.90 Å². The topological polar surface area (TPSA) is 43.7 Å². The van der Waals surface area contributed by atoms with Gasteiger partial charge >= 0.3 is 0 Å². The molecular weight excluding hydrogens is 226 g/mol. The third-order valence-electron chi connectivity index (χ3n) is 4.07. The molecule has 2 atom stereocenters. The number of β-amino-alcohol motifs (C(OH)–C–C–N with tert-alkyl or cyclic N) is 1. The van der Waals surface area contributed by atoms with Gasteiger partial charge in [0.25, 0.3) is 0 Å². The smallest absolute Gasteiger partial charge is 0.0717 e. The van der Waals surface area contributed by atoms with Gasteiger partial charge in [0.05, 0.1) is 6.10 Å². The quantitative estimate of drug-likeness (QED) is 0.853. The van der Waals surface area contributed by atoms with Crippen LogP contribution in [0.2, 0.25) is 0 Å². The van der Waals surface area contributed by atoms with Crippen molar-refractivity contribution in [1.82, 2.24) is 4.90 Å². The van der Waals surface area contributed by atoms with Crippen molar-refractivity contribution in [2.75, 3.05) is 19.7 Å². The summed E-state index contributed by atoms with van der Waals surface area (Å²) < 4.78 is 0. The minimum atomic E-state index is -0.395. The second-order valence-electron chi connectivity index (χ2n) is 5.40. The Balaban J connectivity index is 2.03. The molecule has 0 saturated carbocycles. The molecule has 3 heteroatoms. The first kappa shape index (κ1) is 13.5. The summed E-state index contributed by atoms with van der Waals surface area (Å²) in [7, 11) is 0. The molecule has 0 radical (unpaired) electrons. The molecule has 1 saturated heterocycles. The summed E-state index contributed by atoms with van der Waals surface area (Å²) in [5, 5.41) is 19.1. The van der Waals surface area contributed by atoms with Crippen molar-refractivity contribution < 1.29 is 10.2 Å². The van der Waals surface area contributed by atoms with Crippen molar-refractivity contribution in [3.63, 3.8) is 0 Å². The van der Waals surface area contributed by atoms with E-state index in [1.807, 2.05) is 0 Å². The number of piperidine rings is 1. The van der Waals surface area contributed by atoms with Gasteiger partial charge in [0.2, 0.25) is 0 Å². The van der Waals surface area contributed by atoms with Crippen molar-refractivity contribution in [2.24, 2.45) is 5.92 Å². The lowest BCUT2D eigenvalue weighted by Crippen LogP contribution is -2.44. The normalized spacial score (nSPS) is 25.3. The van der Waals surface area contributed by atoms with Gasteiger partial charge < -0.3 is 10.2 Å². The zero-order valence-corrected chi connectivity index (χ0v) is 11.3. The molecule has 0 bridgehead atoms. The first-order valence-corrected chi connectivity index (χ1v) is 6.68. The number of likely N-dealkylation sites (tertiary alicyclic amines) is 1. The van der Waals surface area contributed by atoms with Gasteiger partial charge in [0, 0.05) is 25.6 Å².